The fourth-order valence-electron chi connectivity index (χ4n) is 2.00. The van der Waals surface area contributed by atoms with Crippen LogP contribution in [0.5, 0.6) is 0 Å². The molecule has 1 aromatic rings. The molecule has 2 heterocycles. The van der Waals surface area contributed by atoms with Crippen molar-refractivity contribution in [1.29, 1.82) is 0 Å². The lowest BCUT2D eigenvalue weighted by Crippen LogP contribution is -2.37. The van der Waals surface area contributed by atoms with Gasteiger partial charge in [0.05, 0.1) is 6.61 Å². The number of aromatic nitrogens is 2. The van der Waals surface area contributed by atoms with E-state index in [1.807, 2.05) is 4.98 Å². The highest BCUT2D eigenvalue weighted by Gasteiger charge is 2.46. The van der Waals surface area contributed by atoms with Gasteiger partial charge in [0.1, 0.15) is 18.3 Å². The molecule has 0 aromatic carbocycles. The molecule has 1 saturated heterocycles. The number of hydrogen-bond donors (Lipinski definition) is 5. The van der Waals surface area contributed by atoms with Gasteiger partial charge in [0, 0.05) is 16.8 Å². The maximum atomic E-state index is 11.7. The average molecular weight is 387 g/mol. The third kappa shape index (κ3) is 4.42. The first-order chi connectivity index (χ1) is 11.1. The monoisotopic (exact) mass is 387 g/mol. The standard InChI is InChI=1S/C9H12N2O11P2/c12-5-1-2-11(9(15)10-5)8-7(14)6(13)4(21-8)3-20-24(18,19)22-23(16)17/h1-2,4,6-8,13-14H,3H2,(H2-,10,12,15,16,17,18,19)/p+1. The number of phosphoric acid groups is 1. The van der Waals surface area contributed by atoms with Crippen LogP contribution in [-0.2, 0) is 22.7 Å². The second-order valence-corrected chi connectivity index (χ2v) is 6.97. The van der Waals surface area contributed by atoms with Crippen LogP contribution in [0.4, 0.5) is 0 Å². The van der Waals surface area contributed by atoms with Gasteiger partial charge in [-0.3, -0.25) is 23.8 Å². The van der Waals surface area contributed by atoms with E-state index >= 15 is 0 Å². The summed E-state index contributed by atoms with van der Waals surface area (Å²) in [5, 5.41) is 19.8. The molecule has 6 atom stereocenters. The maximum absolute atomic E-state index is 11.7. The van der Waals surface area contributed by atoms with Crippen LogP contribution in [0, 0.1) is 0 Å². The summed E-state index contributed by atoms with van der Waals surface area (Å²) in [6.07, 6.45) is -4.95. The highest BCUT2D eigenvalue weighted by molar-refractivity contribution is 7.55. The Labute approximate surface area is 133 Å². The largest absolute Gasteiger partial charge is 0.705 e. The summed E-state index contributed by atoms with van der Waals surface area (Å²) in [5.41, 5.74) is -1.59. The molecular weight excluding hydrogens is 374 g/mol. The van der Waals surface area contributed by atoms with Crippen molar-refractivity contribution >= 4 is 16.1 Å². The zero-order valence-corrected chi connectivity index (χ0v) is 13.4. The SMILES string of the molecule is O=c1ccn(C2OC(COP(=O)(O)O[P+](=O)O)C(O)C2O)c(=O)[nH]1. The summed E-state index contributed by atoms with van der Waals surface area (Å²) in [4.78, 5) is 42.1. The van der Waals surface area contributed by atoms with Crippen molar-refractivity contribution in [2.75, 3.05) is 6.61 Å². The zero-order valence-electron chi connectivity index (χ0n) is 11.7. The minimum atomic E-state index is -4.88. The average Bonchev–Trinajstić information content (AvgIpc) is 2.72. The Balaban J connectivity index is 2.10. The Kier molecular flexibility index (Phi) is 5.81. The molecule has 1 aliphatic rings. The quantitative estimate of drug-likeness (QED) is 0.336. The minimum Gasteiger partial charge on any atom is -0.387 e. The number of aromatic amines is 1. The van der Waals surface area contributed by atoms with E-state index in [4.69, 9.17) is 14.5 Å². The number of rotatable bonds is 6. The van der Waals surface area contributed by atoms with Gasteiger partial charge in [-0.25, -0.2) is 9.36 Å². The molecule has 24 heavy (non-hydrogen) atoms. The van der Waals surface area contributed by atoms with Crippen molar-refractivity contribution in [2.24, 2.45) is 0 Å². The lowest BCUT2D eigenvalue weighted by molar-refractivity contribution is -0.0540. The van der Waals surface area contributed by atoms with Gasteiger partial charge < -0.3 is 14.9 Å². The molecular formula is C9H13N2O11P2+. The van der Waals surface area contributed by atoms with Crippen molar-refractivity contribution in [3.63, 3.8) is 0 Å². The van der Waals surface area contributed by atoms with Gasteiger partial charge in [0.2, 0.25) is 0 Å². The lowest BCUT2D eigenvalue weighted by Gasteiger charge is -2.16. The third-order valence-electron chi connectivity index (χ3n) is 3.04. The van der Waals surface area contributed by atoms with E-state index in [1.54, 1.807) is 0 Å². The van der Waals surface area contributed by atoms with E-state index in [9.17, 15) is 28.9 Å². The van der Waals surface area contributed by atoms with Crippen LogP contribution in [0.1, 0.15) is 6.23 Å². The first-order valence-electron chi connectivity index (χ1n) is 6.27. The molecule has 0 bridgehead atoms. The van der Waals surface area contributed by atoms with Gasteiger partial charge >= 0.3 is 21.8 Å². The molecule has 1 aromatic heterocycles. The Bertz CT molecular complexity index is 775. The van der Waals surface area contributed by atoms with Crippen LogP contribution in [-0.4, -0.2) is 54.5 Å². The number of ether oxygens (including phenoxy) is 1. The molecule has 0 spiro atoms. The summed E-state index contributed by atoms with van der Waals surface area (Å²) in [7, 11) is -8.28. The smallest absolute Gasteiger partial charge is 0.387 e. The lowest BCUT2D eigenvalue weighted by atomic mass is 10.1. The summed E-state index contributed by atoms with van der Waals surface area (Å²) in [6.45, 7) is -0.788. The number of aliphatic hydroxyl groups excluding tert-OH is 2. The van der Waals surface area contributed by atoms with Gasteiger partial charge in [-0.2, -0.15) is 0 Å². The Morgan fingerprint density at radius 1 is 1.38 bits per heavy atom. The van der Waals surface area contributed by atoms with Gasteiger partial charge in [-0.15, -0.1) is 4.89 Å². The van der Waals surface area contributed by atoms with Gasteiger partial charge in [-0.05, 0) is 4.31 Å². The third-order valence-corrected chi connectivity index (χ3v) is 4.90. The molecule has 134 valence electrons. The number of H-pyrrole nitrogens is 1. The van der Waals surface area contributed by atoms with Crippen LogP contribution in [0.25, 0.3) is 0 Å². The van der Waals surface area contributed by atoms with Crippen LogP contribution in [0.3, 0.4) is 0 Å². The first-order valence-corrected chi connectivity index (χ1v) is 8.89. The van der Waals surface area contributed by atoms with Crippen molar-refractivity contribution in [3.05, 3.63) is 33.1 Å². The molecule has 0 aliphatic carbocycles. The number of hydrogen-bond acceptors (Lipinski definition) is 9. The van der Waals surface area contributed by atoms with Crippen molar-refractivity contribution in [1.82, 2.24) is 9.55 Å². The number of nitrogens with zero attached hydrogens (tertiary/aromatic N) is 1. The predicted molar refractivity (Wildman–Crippen MR) is 73.9 cm³/mol. The van der Waals surface area contributed by atoms with Gasteiger partial charge in [0.25, 0.3) is 5.56 Å². The fraction of sp³-hybridized carbons (Fsp3) is 0.556. The number of phosphoric ester groups is 1. The maximum Gasteiger partial charge on any atom is 0.705 e. The molecule has 0 saturated carbocycles. The van der Waals surface area contributed by atoms with Gasteiger partial charge in [-0.1, -0.05) is 0 Å². The van der Waals surface area contributed by atoms with E-state index < -0.39 is 58.5 Å². The predicted octanol–water partition coefficient (Wildman–Crippen LogP) is -2.06. The van der Waals surface area contributed by atoms with E-state index in [0.29, 0.717) is 0 Å². The normalized spacial score (nSPS) is 30.1. The first kappa shape index (κ1) is 19.1. The summed E-state index contributed by atoms with van der Waals surface area (Å²) >= 11 is 0. The summed E-state index contributed by atoms with van der Waals surface area (Å²) < 4.78 is 35.8. The second kappa shape index (κ2) is 7.31. The highest BCUT2D eigenvalue weighted by Crippen LogP contribution is 2.51. The van der Waals surface area contributed by atoms with Crippen molar-refractivity contribution in [3.8, 4) is 0 Å². The summed E-state index contributed by atoms with van der Waals surface area (Å²) in [6, 6.07) is 0.987. The summed E-state index contributed by atoms with van der Waals surface area (Å²) in [5.74, 6) is 0. The number of aliphatic hydroxyl groups is 2. The highest BCUT2D eigenvalue weighted by atomic mass is 31.2. The second-order valence-electron chi connectivity index (χ2n) is 4.65. The molecule has 1 fully saturated rings. The van der Waals surface area contributed by atoms with Crippen LogP contribution >= 0.6 is 16.1 Å². The Morgan fingerprint density at radius 3 is 2.62 bits per heavy atom. The van der Waals surface area contributed by atoms with Crippen LogP contribution in [0.15, 0.2) is 21.9 Å². The number of nitrogens with one attached hydrogen (secondary N) is 1. The van der Waals surface area contributed by atoms with Gasteiger partial charge in [0.15, 0.2) is 6.23 Å². The fourth-order valence-corrected chi connectivity index (χ4v) is 3.23. The minimum absolute atomic E-state index is 0.680. The molecule has 1 aliphatic heterocycles. The Morgan fingerprint density at radius 2 is 2.04 bits per heavy atom. The van der Waals surface area contributed by atoms with E-state index in [-0.39, 0.29) is 0 Å². The zero-order chi connectivity index (χ0) is 18.1. The Hall–Kier alpha value is -1.27. The van der Waals surface area contributed by atoms with Crippen molar-refractivity contribution < 1.29 is 42.7 Å². The molecule has 2 rings (SSSR count). The molecule has 0 amide bonds. The van der Waals surface area contributed by atoms with E-state index in [0.717, 1.165) is 16.8 Å². The van der Waals surface area contributed by atoms with E-state index in [2.05, 4.69) is 8.83 Å². The molecule has 15 heteroatoms. The molecule has 13 nitrogen and oxygen atoms in total. The topological polar surface area (TPSA) is 198 Å². The van der Waals surface area contributed by atoms with Crippen molar-refractivity contribution in [2.45, 2.75) is 24.5 Å². The van der Waals surface area contributed by atoms with Crippen LogP contribution in [0.2, 0.25) is 0 Å². The molecule has 5 N–H and O–H groups in total. The molecule has 0 radical (unpaired) electrons. The molecule has 6 unspecified atom stereocenters. The van der Waals surface area contributed by atoms with E-state index in [1.165, 1.54) is 0 Å². The van der Waals surface area contributed by atoms with Crippen LogP contribution < -0.4 is 11.2 Å².